The van der Waals surface area contributed by atoms with Gasteiger partial charge in [0.15, 0.2) is 0 Å². The minimum absolute atomic E-state index is 0.345. The van der Waals surface area contributed by atoms with Crippen molar-refractivity contribution >= 4 is 23.4 Å². The first-order valence-electron chi connectivity index (χ1n) is 5.32. The van der Waals surface area contributed by atoms with Gasteiger partial charge in [-0.3, -0.25) is 0 Å². The molecule has 2 atom stereocenters. The van der Waals surface area contributed by atoms with Gasteiger partial charge in [-0.25, -0.2) is 0 Å². The maximum absolute atomic E-state index is 10.2. The van der Waals surface area contributed by atoms with E-state index in [9.17, 15) is 5.11 Å². The van der Waals surface area contributed by atoms with Gasteiger partial charge in [0, 0.05) is 10.3 Å². The molecule has 0 bridgehead atoms. The Morgan fingerprint density at radius 3 is 2.93 bits per heavy atom. The fourth-order valence-corrected chi connectivity index (χ4v) is 3.46. The quantitative estimate of drug-likeness (QED) is 0.854. The number of benzene rings is 1. The van der Waals surface area contributed by atoms with E-state index in [-0.39, 0.29) is 6.10 Å². The lowest BCUT2D eigenvalue weighted by atomic mass is 10.0. The zero-order chi connectivity index (χ0) is 10.7. The third-order valence-corrected chi connectivity index (χ3v) is 4.44. The zero-order valence-corrected chi connectivity index (χ0v) is 10.1. The summed E-state index contributed by atoms with van der Waals surface area (Å²) in [6.45, 7) is 0. The van der Waals surface area contributed by atoms with Crippen molar-refractivity contribution in [2.24, 2.45) is 0 Å². The van der Waals surface area contributed by atoms with Crippen molar-refractivity contribution in [2.45, 2.75) is 30.6 Å². The number of thioether (sulfide) groups is 1. The Hall–Kier alpha value is -0.180. The predicted molar refractivity (Wildman–Crippen MR) is 66.5 cm³/mol. The largest absolute Gasteiger partial charge is 0.387 e. The van der Waals surface area contributed by atoms with Crippen molar-refractivity contribution in [3.8, 4) is 0 Å². The highest BCUT2D eigenvalue weighted by Crippen LogP contribution is 2.35. The van der Waals surface area contributed by atoms with Crippen LogP contribution in [0, 0.1) is 0 Å². The first-order valence-corrected chi connectivity index (χ1v) is 6.75. The molecule has 1 N–H and O–H groups in total. The summed E-state index contributed by atoms with van der Waals surface area (Å²) in [5, 5.41) is 11.2. The molecule has 2 unspecified atom stereocenters. The first-order chi connectivity index (χ1) is 7.27. The van der Waals surface area contributed by atoms with Crippen LogP contribution in [0.4, 0.5) is 0 Å². The van der Waals surface area contributed by atoms with Crippen LogP contribution in [0.2, 0.25) is 5.02 Å². The van der Waals surface area contributed by atoms with Crippen LogP contribution in [-0.2, 0) is 0 Å². The number of rotatable bonds is 2. The summed E-state index contributed by atoms with van der Waals surface area (Å²) in [4.78, 5) is 0. The number of aliphatic hydroxyl groups is 1. The number of aliphatic hydroxyl groups excluding tert-OH is 1. The molecule has 1 aromatic rings. The van der Waals surface area contributed by atoms with Crippen molar-refractivity contribution in [3.05, 3.63) is 34.9 Å². The fraction of sp³-hybridized carbons (Fsp3) is 0.500. The SMILES string of the molecule is OC(c1cccc(Cl)c1)C1CCCCS1. The second-order valence-electron chi connectivity index (χ2n) is 3.90. The van der Waals surface area contributed by atoms with Gasteiger partial charge < -0.3 is 5.11 Å². The fourth-order valence-electron chi connectivity index (χ4n) is 1.92. The van der Waals surface area contributed by atoms with Crippen molar-refractivity contribution in [1.82, 2.24) is 0 Å². The van der Waals surface area contributed by atoms with Crippen molar-refractivity contribution in [2.75, 3.05) is 5.75 Å². The molecular formula is C12H15ClOS. The molecule has 15 heavy (non-hydrogen) atoms. The third-order valence-electron chi connectivity index (χ3n) is 2.76. The highest BCUT2D eigenvalue weighted by molar-refractivity contribution is 7.99. The summed E-state index contributed by atoms with van der Waals surface area (Å²) in [5.41, 5.74) is 0.946. The highest BCUT2D eigenvalue weighted by atomic mass is 35.5. The molecule has 1 saturated heterocycles. The lowest BCUT2D eigenvalue weighted by molar-refractivity contribution is 0.169. The van der Waals surface area contributed by atoms with E-state index < -0.39 is 0 Å². The molecule has 0 spiro atoms. The van der Waals surface area contributed by atoms with E-state index in [1.54, 1.807) is 0 Å². The second kappa shape index (κ2) is 5.24. The predicted octanol–water partition coefficient (Wildman–Crippen LogP) is 3.66. The Bertz CT molecular complexity index is 323. The van der Waals surface area contributed by atoms with Crippen LogP contribution in [0.15, 0.2) is 24.3 Å². The lowest BCUT2D eigenvalue weighted by Gasteiger charge is -2.26. The minimum atomic E-state index is -0.367. The van der Waals surface area contributed by atoms with Crippen molar-refractivity contribution in [3.63, 3.8) is 0 Å². The molecule has 1 heterocycles. The van der Waals surface area contributed by atoms with E-state index in [1.165, 1.54) is 18.6 Å². The lowest BCUT2D eigenvalue weighted by Crippen LogP contribution is -2.18. The zero-order valence-electron chi connectivity index (χ0n) is 8.53. The van der Waals surface area contributed by atoms with Crippen molar-refractivity contribution < 1.29 is 5.11 Å². The van der Waals surface area contributed by atoms with Gasteiger partial charge in [0.1, 0.15) is 0 Å². The summed E-state index contributed by atoms with van der Waals surface area (Å²) in [7, 11) is 0. The van der Waals surface area contributed by atoms with E-state index in [0.717, 1.165) is 12.0 Å². The van der Waals surface area contributed by atoms with Crippen LogP contribution in [0.1, 0.15) is 30.9 Å². The molecule has 0 saturated carbocycles. The molecule has 1 nitrogen and oxygen atoms in total. The van der Waals surface area contributed by atoms with Gasteiger partial charge in [0.25, 0.3) is 0 Å². The molecule has 3 heteroatoms. The maximum atomic E-state index is 10.2. The van der Waals surface area contributed by atoms with Gasteiger partial charge in [-0.15, -0.1) is 0 Å². The smallest absolute Gasteiger partial charge is 0.0909 e. The Kier molecular flexibility index (Phi) is 3.95. The molecule has 1 aromatic carbocycles. The van der Waals surface area contributed by atoms with E-state index in [1.807, 2.05) is 36.0 Å². The van der Waals surface area contributed by atoms with Gasteiger partial charge in [-0.1, -0.05) is 30.2 Å². The van der Waals surface area contributed by atoms with Gasteiger partial charge in [0.2, 0.25) is 0 Å². The average molecular weight is 243 g/mol. The van der Waals surface area contributed by atoms with E-state index in [2.05, 4.69) is 0 Å². The Morgan fingerprint density at radius 2 is 2.27 bits per heavy atom. The van der Waals surface area contributed by atoms with Crippen LogP contribution in [0.5, 0.6) is 0 Å². The molecule has 0 amide bonds. The van der Waals surface area contributed by atoms with Crippen LogP contribution >= 0.6 is 23.4 Å². The maximum Gasteiger partial charge on any atom is 0.0909 e. The number of hydrogen-bond acceptors (Lipinski definition) is 2. The molecule has 0 aliphatic carbocycles. The standard InChI is InChI=1S/C12H15ClOS/c13-10-5-3-4-9(8-10)12(14)11-6-1-2-7-15-11/h3-5,8,11-12,14H,1-2,6-7H2. The van der Waals surface area contributed by atoms with Crippen LogP contribution < -0.4 is 0 Å². The Morgan fingerprint density at radius 1 is 1.40 bits per heavy atom. The molecule has 82 valence electrons. The van der Waals surface area contributed by atoms with Crippen molar-refractivity contribution in [1.29, 1.82) is 0 Å². The van der Waals surface area contributed by atoms with Crippen LogP contribution in [0.25, 0.3) is 0 Å². The van der Waals surface area contributed by atoms with Gasteiger partial charge in [-0.05, 0) is 36.3 Å². The summed E-state index contributed by atoms with van der Waals surface area (Å²) in [6.07, 6.45) is 3.26. The third kappa shape index (κ3) is 2.90. The van der Waals surface area contributed by atoms with E-state index >= 15 is 0 Å². The molecular weight excluding hydrogens is 228 g/mol. The van der Waals surface area contributed by atoms with Gasteiger partial charge in [0.05, 0.1) is 6.10 Å². The molecule has 2 rings (SSSR count). The van der Waals surface area contributed by atoms with Gasteiger partial charge >= 0.3 is 0 Å². The summed E-state index contributed by atoms with van der Waals surface area (Å²) in [6, 6.07) is 7.55. The van der Waals surface area contributed by atoms with Crippen LogP contribution in [-0.4, -0.2) is 16.1 Å². The summed E-state index contributed by atoms with van der Waals surface area (Å²) < 4.78 is 0. The average Bonchev–Trinajstić information content (AvgIpc) is 2.29. The first kappa shape index (κ1) is 11.3. The molecule has 1 fully saturated rings. The molecule has 0 radical (unpaired) electrons. The van der Waals surface area contributed by atoms with E-state index in [0.29, 0.717) is 10.3 Å². The summed E-state index contributed by atoms with van der Waals surface area (Å²) in [5.74, 6) is 1.17. The molecule has 1 aliphatic heterocycles. The van der Waals surface area contributed by atoms with Crippen LogP contribution in [0.3, 0.4) is 0 Å². The molecule has 0 aromatic heterocycles. The normalized spacial score (nSPS) is 23.7. The second-order valence-corrected chi connectivity index (χ2v) is 5.69. The minimum Gasteiger partial charge on any atom is -0.387 e. The number of halogens is 1. The summed E-state index contributed by atoms with van der Waals surface area (Å²) >= 11 is 7.79. The Labute approximate surface area is 99.8 Å². The van der Waals surface area contributed by atoms with Gasteiger partial charge in [-0.2, -0.15) is 11.8 Å². The monoisotopic (exact) mass is 242 g/mol. The molecule has 1 aliphatic rings. The van der Waals surface area contributed by atoms with E-state index in [4.69, 9.17) is 11.6 Å². The highest BCUT2D eigenvalue weighted by Gasteiger charge is 2.23. The Balaban J connectivity index is 2.08. The topological polar surface area (TPSA) is 20.2 Å². The number of hydrogen-bond donors (Lipinski definition) is 1.